The van der Waals surface area contributed by atoms with Gasteiger partial charge in [0.15, 0.2) is 0 Å². The van der Waals surface area contributed by atoms with E-state index in [2.05, 4.69) is 10.2 Å². The quantitative estimate of drug-likeness (QED) is 0.839. The van der Waals surface area contributed by atoms with E-state index in [0.717, 1.165) is 23.2 Å². The minimum Gasteiger partial charge on any atom is -0.388 e. The van der Waals surface area contributed by atoms with Crippen molar-refractivity contribution in [2.45, 2.75) is 19.4 Å². The summed E-state index contributed by atoms with van der Waals surface area (Å²) in [7, 11) is 1.67. The first kappa shape index (κ1) is 13.8. The number of benzene rings is 1. The number of aliphatic hydroxyl groups excluding tert-OH is 1. The molecule has 0 bridgehead atoms. The normalized spacial score (nSPS) is 14.3. The van der Waals surface area contributed by atoms with E-state index in [1.165, 1.54) is 0 Å². The maximum atomic E-state index is 10.4. The number of aromatic nitrogens is 2. The van der Waals surface area contributed by atoms with Crippen LogP contribution < -0.4 is 0 Å². The van der Waals surface area contributed by atoms with Gasteiger partial charge in [0.05, 0.1) is 18.0 Å². The third-order valence-electron chi connectivity index (χ3n) is 3.37. The van der Waals surface area contributed by atoms with Crippen LogP contribution >= 0.6 is 0 Å². The van der Waals surface area contributed by atoms with Crippen molar-refractivity contribution < 1.29 is 9.84 Å². The van der Waals surface area contributed by atoms with Gasteiger partial charge in [-0.05, 0) is 17.9 Å². The van der Waals surface area contributed by atoms with Crippen LogP contribution in [0.15, 0.2) is 36.5 Å². The molecule has 1 heterocycles. The van der Waals surface area contributed by atoms with Crippen molar-refractivity contribution >= 4 is 0 Å². The maximum Gasteiger partial charge on any atom is 0.0853 e. The van der Waals surface area contributed by atoms with Crippen LogP contribution in [0, 0.1) is 5.92 Å². The standard InChI is InChI=1S/C15H20N2O2/c1-11(8-9-19-2)15(18)13-10-16-17-14(13)12-6-4-3-5-7-12/h3-7,10-11,15,18H,8-9H2,1-2H3,(H,16,17). The van der Waals surface area contributed by atoms with Crippen molar-refractivity contribution in [1.29, 1.82) is 0 Å². The van der Waals surface area contributed by atoms with Gasteiger partial charge in [0.1, 0.15) is 0 Å². The van der Waals surface area contributed by atoms with E-state index in [9.17, 15) is 5.11 Å². The van der Waals surface area contributed by atoms with Gasteiger partial charge in [-0.2, -0.15) is 5.10 Å². The third kappa shape index (κ3) is 3.22. The molecule has 1 aromatic carbocycles. The minimum absolute atomic E-state index is 0.125. The highest BCUT2D eigenvalue weighted by Crippen LogP contribution is 2.31. The van der Waals surface area contributed by atoms with E-state index < -0.39 is 6.10 Å². The zero-order valence-electron chi connectivity index (χ0n) is 11.3. The van der Waals surface area contributed by atoms with Crippen molar-refractivity contribution in [3.63, 3.8) is 0 Å². The van der Waals surface area contributed by atoms with E-state index in [1.807, 2.05) is 37.3 Å². The Morgan fingerprint density at radius 3 is 2.74 bits per heavy atom. The second-order valence-corrected chi connectivity index (χ2v) is 4.77. The van der Waals surface area contributed by atoms with Crippen LogP contribution in [0.1, 0.15) is 25.0 Å². The van der Waals surface area contributed by atoms with Gasteiger partial charge in [0, 0.05) is 19.3 Å². The van der Waals surface area contributed by atoms with Crippen LogP contribution in [0.4, 0.5) is 0 Å². The van der Waals surface area contributed by atoms with Crippen LogP contribution in [0.25, 0.3) is 11.3 Å². The molecule has 0 aliphatic carbocycles. The number of nitrogens with one attached hydrogen (secondary N) is 1. The molecule has 4 nitrogen and oxygen atoms in total. The monoisotopic (exact) mass is 260 g/mol. The highest BCUT2D eigenvalue weighted by molar-refractivity contribution is 5.62. The Morgan fingerprint density at radius 1 is 1.32 bits per heavy atom. The first-order valence-electron chi connectivity index (χ1n) is 6.49. The van der Waals surface area contributed by atoms with Gasteiger partial charge < -0.3 is 9.84 Å². The largest absolute Gasteiger partial charge is 0.388 e. The Morgan fingerprint density at radius 2 is 2.05 bits per heavy atom. The SMILES string of the molecule is COCCC(C)C(O)c1cn[nH]c1-c1ccccc1. The Bertz CT molecular complexity index is 496. The molecule has 0 radical (unpaired) electrons. The Balaban J connectivity index is 2.20. The second kappa shape index (κ2) is 6.50. The molecule has 0 aliphatic heterocycles. The van der Waals surface area contributed by atoms with Gasteiger partial charge in [-0.1, -0.05) is 37.3 Å². The summed E-state index contributed by atoms with van der Waals surface area (Å²) >= 11 is 0. The number of methoxy groups -OCH3 is 1. The van der Waals surface area contributed by atoms with Gasteiger partial charge in [-0.15, -0.1) is 0 Å². The number of hydrogen-bond acceptors (Lipinski definition) is 3. The van der Waals surface area contributed by atoms with E-state index in [4.69, 9.17) is 4.74 Å². The Kier molecular flexibility index (Phi) is 4.71. The lowest BCUT2D eigenvalue weighted by molar-refractivity contribution is 0.0890. The fraction of sp³-hybridized carbons (Fsp3) is 0.400. The molecule has 1 aromatic heterocycles. The molecule has 0 saturated heterocycles. The molecule has 102 valence electrons. The lowest BCUT2D eigenvalue weighted by Crippen LogP contribution is -2.11. The van der Waals surface area contributed by atoms with Gasteiger partial charge in [0.2, 0.25) is 0 Å². The van der Waals surface area contributed by atoms with Crippen LogP contribution in [0.5, 0.6) is 0 Å². The Labute approximate surface area is 113 Å². The van der Waals surface area contributed by atoms with Crippen molar-refractivity contribution in [2.75, 3.05) is 13.7 Å². The van der Waals surface area contributed by atoms with E-state index in [-0.39, 0.29) is 5.92 Å². The summed E-state index contributed by atoms with van der Waals surface area (Å²) < 4.78 is 5.06. The molecule has 2 N–H and O–H groups in total. The molecular formula is C15H20N2O2. The fourth-order valence-corrected chi connectivity index (χ4v) is 2.12. The van der Waals surface area contributed by atoms with Crippen LogP contribution in [0.2, 0.25) is 0 Å². The molecule has 4 heteroatoms. The predicted molar refractivity (Wildman–Crippen MR) is 74.6 cm³/mol. The first-order chi connectivity index (χ1) is 9.24. The summed E-state index contributed by atoms with van der Waals surface area (Å²) in [6.07, 6.45) is 1.98. The molecule has 0 amide bonds. The van der Waals surface area contributed by atoms with E-state index in [1.54, 1.807) is 13.3 Å². The number of hydrogen-bond donors (Lipinski definition) is 2. The second-order valence-electron chi connectivity index (χ2n) is 4.77. The zero-order valence-corrected chi connectivity index (χ0v) is 11.3. The molecule has 0 aliphatic rings. The first-order valence-corrected chi connectivity index (χ1v) is 6.49. The fourth-order valence-electron chi connectivity index (χ4n) is 2.12. The predicted octanol–water partition coefficient (Wildman–Crippen LogP) is 2.78. The molecule has 2 rings (SSSR count). The zero-order chi connectivity index (χ0) is 13.7. The van der Waals surface area contributed by atoms with Crippen LogP contribution in [-0.2, 0) is 4.74 Å². The summed E-state index contributed by atoms with van der Waals surface area (Å²) in [4.78, 5) is 0. The molecule has 2 aromatic rings. The number of ether oxygens (including phenoxy) is 1. The molecular weight excluding hydrogens is 240 g/mol. The lowest BCUT2D eigenvalue weighted by Gasteiger charge is -2.18. The van der Waals surface area contributed by atoms with E-state index >= 15 is 0 Å². The average Bonchev–Trinajstić information content (AvgIpc) is 2.94. The number of H-pyrrole nitrogens is 1. The summed E-state index contributed by atoms with van der Waals surface area (Å²) in [5.74, 6) is 0.125. The lowest BCUT2D eigenvalue weighted by atomic mass is 9.93. The van der Waals surface area contributed by atoms with Gasteiger partial charge in [-0.25, -0.2) is 0 Å². The third-order valence-corrected chi connectivity index (χ3v) is 3.37. The Hall–Kier alpha value is -1.65. The number of rotatable bonds is 6. The van der Waals surface area contributed by atoms with Crippen molar-refractivity contribution in [2.24, 2.45) is 5.92 Å². The molecule has 2 unspecified atom stereocenters. The van der Waals surface area contributed by atoms with Crippen molar-refractivity contribution in [3.05, 3.63) is 42.1 Å². The summed E-state index contributed by atoms with van der Waals surface area (Å²) in [6.45, 7) is 2.67. The van der Waals surface area contributed by atoms with Gasteiger partial charge in [0.25, 0.3) is 0 Å². The molecule has 0 fully saturated rings. The number of aliphatic hydroxyl groups is 1. The van der Waals surface area contributed by atoms with Crippen molar-refractivity contribution in [3.8, 4) is 11.3 Å². The molecule has 19 heavy (non-hydrogen) atoms. The van der Waals surface area contributed by atoms with Crippen molar-refractivity contribution in [1.82, 2.24) is 10.2 Å². The topological polar surface area (TPSA) is 58.1 Å². The maximum absolute atomic E-state index is 10.4. The molecule has 0 spiro atoms. The minimum atomic E-state index is -0.538. The van der Waals surface area contributed by atoms with E-state index in [0.29, 0.717) is 6.61 Å². The highest BCUT2D eigenvalue weighted by Gasteiger charge is 2.21. The molecule has 0 saturated carbocycles. The average molecular weight is 260 g/mol. The number of nitrogens with zero attached hydrogens (tertiary/aromatic N) is 1. The summed E-state index contributed by atoms with van der Waals surface area (Å²) in [5.41, 5.74) is 2.76. The number of aromatic amines is 1. The molecule has 2 atom stereocenters. The summed E-state index contributed by atoms with van der Waals surface area (Å²) in [5, 5.41) is 17.5. The van der Waals surface area contributed by atoms with Crippen LogP contribution in [-0.4, -0.2) is 29.0 Å². The van der Waals surface area contributed by atoms with Crippen LogP contribution in [0.3, 0.4) is 0 Å². The van der Waals surface area contributed by atoms with Gasteiger partial charge in [-0.3, -0.25) is 5.10 Å². The summed E-state index contributed by atoms with van der Waals surface area (Å²) in [6, 6.07) is 9.92. The smallest absolute Gasteiger partial charge is 0.0853 e. The van der Waals surface area contributed by atoms with Gasteiger partial charge >= 0.3 is 0 Å². The highest BCUT2D eigenvalue weighted by atomic mass is 16.5.